The third-order valence-electron chi connectivity index (χ3n) is 2.17. The molecule has 1 saturated heterocycles. The van der Waals surface area contributed by atoms with Crippen molar-refractivity contribution in [3.8, 4) is 0 Å². The first-order valence-corrected chi connectivity index (χ1v) is 4.95. The van der Waals surface area contributed by atoms with E-state index in [2.05, 4.69) is 10.6 Å². The number of carbonyl (C=O) groups excluding carboxylic acids is 2. The lowest BCUT2D eigenvalue weighted by molar-refractivity contribution is -0.126. The van der Waals surface area contributed by atoms with Gasteiger partial charge in [-0.3, -0.25) is 9.59 Å². The van der Waals surface area contributed by atoms with Crippen molar-refractivity contribution < 1.29 is 9.59 Å². The molecule has 1 atom stereocenters. The average Bonchev–Trinajstić information content (AvgIpc) is 2.33. The zero-order valence-corrected chi connectivity index (χ0v) is 8.38. The van der Waals surface area contributed by atoms with Gasteiger partial charge >= 0.3 is 0 Å². The summed E-state index contributed by atoms with van der Waals surface area (Å²) in [5.41, 5.74) is 0. The number of rotatable bonds is 2. The fourth-order valence-electron chi connectivity index (χ4n) is 1.45. The number of hydrogen-bond acceptors (Lipinski definition) is 2. The van der Waals surface area contributed by atoms with Crippen LogP contribution in [0.15, 0.2) is 12.2 Å². The standard InChI is InChI=1S/C10H16N2O2/c1-2-5-9(13)12-8-6-3-4-7-11-10(8)14/h2,5,8H,3-4,6-7H2,1H3,(H,11,14)(H,12,13). The van der Waals surface area contributed by atoms with Crippen molar-refractivity contribution in [1.29, 1.82) is 0 Å². The second-order valence-corrected chi connectivity index (χ2v) is 3.35. The molecule has 1 heterocycles. The van der Waals surface area contributed by atoms with E-state index in [9.17, 15) is 9.59 Å². The Morgan fingerprint density at radius 1 is 1.57 bits per heavy atom. The van der Waals surface area contributed by atoms with Crippen molar-refractivity contribution in [2.75, 3.05) is 6.54 Å². The number of amides is 2. The van der Waals surface area contributed by atoms with Crippen molar-refractivity contribution in [2.24, 2.45) is 0 Å². The van der Waals surface area contributed by atoms with Crippen LogP contribution in [-0.4, -0.2) is 24.4 Å². The largest absolute Gasteiger partial charge is 0.354 e. The zero-order chi connectivity index (χ0) is 10.4. The molecule has 2 amide bonds. The van der Waals surface area contributed by atoms with E-state index in [1.807, 2.05) is 0 Å². The Labute approximate surface area is 83.8 Å². The predicted molar refractivity (Wildman–Crippen MR) is 53.6 cm³/mol. The minimum absolute atomic E-state index is 0.0691. The van der Waals surface area contributed by atoms with Crippen LogP contribution in [0.2, 0.25) is 0 Å². The lowest BCUT2D eigenvalue weighted by atomic mass is 10.1. The van der Waals surface area contributed by atoms with Gasteiger partial charge in [0.25, 0.3) is 0 Å². The molecule has 4 heteroatoms. The van der Waals surface area contributed by atoms with Gasteiger partial charge in [-0.2, -0.15) is 0 Å². The maximum absolute atomic E-state index is 11.4. The highest BCUT2D eigenvalue weighted by molar-refractivity contribution is 5.92. The monoisotopic (exact) mass is 196 g/mol. The van der Waals surface area contributed by atoms with Crippen molar-refractivity contribution in [3.63, 3.8) is 0 Å². The zero-order valence-electron chi connectivity index (χ0n) is 8.38. The molecule has 0 saturated carbocycles. The highest BCUT2D eigenvalue weighted by Crippen LogP contribution is 2.04. The van der Waals surface area contributed by atoms with E-state index in [-0.39, 0.29) is 17.9 Å². The summed E-state index contributed by atoms with van der Waals surface area (Å²) < 4.78 is 0. The fraction of sp³-hybridized carbons (Fsp3) is 0.600. The quantitative estimate of drug-likeness (QED) is 0.626. The van der Waals surface area contributed by atoms with Gasteiger partial charge in [0.2, 0.25) is 11.8 Å². The van der Waals surface area contributed by atoms with E-state index in [0.717, 1.165) is 25.8 Å². The van der Waals surface area contributed by atoms with Crippen LogP contribution in [-0.2, 0) is 9.59 Å². The maximum Gasteiger partial charge on any atom is 0.244 e. The van der Waals surface area contributed by atoms with Gasteiger partial charge in [0, 0.05) is 6.54 Å². The van der Waals surface area contributed by atoms with Gasteiger partial charge in [0.05, 0.1) is 0 Å². The van der Waals surface area contributed by atoms with Crippen LogP contribution in [0.3, 0.4) is 0 Å². The van der Waals surface area contributed by atoms with Crippen LogP contribution < -0.4 is 10.6 Å². The van der Waals surface area contributed by atoms with E-state index in [4.69, 9.17) is 0 Å². The smallest absolute Gasteiger partial charge is 0.244 e. The molecule has 0 aromatic rings. The number of nitrogens with one attached hydrogen (secondary N) is 2. The van der Waals surface area contributed by atoms with Crippen LogP contribution >= 0.6 is 0 Å². The fourth-order valence-corrected chi connectivity index (χ4v) is 1.45. The molecule has 1 aliphatic heterocycles. The normalized spacial score (nSPS) is 22.9. The Hall–Kier alpha value is -1.32. The van der Waals surface area contributed by atoms with Gasteiger partial charge in [-0.25, -0.2) is 0 Å². The molecule has 1 unspecified atom stereocenters. The number of allylic oxidation sites excluding steroid dienone is 1. The van der Waals surface area contributed by atoms with Gasteiger partial charge in [0.1, 0.15) is 6.04 Å². The highest BCUT2D eigenvalue weighted by atomic mass is 16.2. The van der Waals surface area contributed by atoms with Crippen molar-refractivity contribution in [2.45, 2.75) is 32.2 Å². The van der Waals surface area contributed by atoms with Crippen LogP contribution in [0.5, 0.6) is 0 Å². The average molecular weight is 196 g/mol. The van der Waals surface area contributed by atoms with Crippen molar-refractivity contribution >= 4 is 11.8 Å². The van der Waals surface area contributed by atoms with E-state index in [1.54, 1.807) is 13.0 Å². The van der Waals surface area contributed by atoms with Crippen LogP contribution in [0, 0.1) is 0 Å². The molecule has 0 aliphatic carbocycles. The van der Waals surface area contributed by atoms with E-state index in [0.29, 0.717) is 0 Å². The Balaban J connectivity index is 2.48. The van der Waals surface area contributed by atoms with Crippen molar-refractivity contribution in [3.05, 3.63) is 12.2 Å². The number of hydrogen-bond donors (Lipinski definition) is 2. The van der Waals surface area contributed by atoms with Gasteiger partial charge in [0.15, 0.2) is 0 Å². The molecule has 1 aliphatic rings. The minimum Gasteiger partial charge on any atom is -0.354 e. The molecule has 14 heavy (non-hydrogen) atoms. The SMILES string of the molecule is CC=CC(=O)NC1CCCCNC1=O. The summed E-state index contributed by atoms with van der Waals surface area (Å²) in [6.45, 7) is 2.49. The molecular formula is C10H16N2O2. The molecule has 78 valence electrons. The third-order valence-corrected chi connectivity index (χ3v) is 2.17. The Kier molecular flexibility index (Phi) is 4.16. The topological polar surface area (TPSA) is 58.2 Å². The lowest BCUT2D eigenvalue weighted by Crippen LogP contribution is -2.44. The van der Waals surface area contributed by atoms with Gasteiger partial charge in [-0.15, -0.1) is 0 Å². The molecule has 4 nitrogen and oxygen atoms in total. The second kappa shape index (κ2) is 5.42. The number of carbonyl (C=O) groups is 2. The first kappa shape index (κ1) is 10.8. The molecule has 2 N–H and O–H groups in total. The molecule has 1 rings (SSSR count). The van der Waals surface area contributed by atoms with E-state index in [1.165, 1.54) is 6.08 Å². The van der Waals surface area contributed by atoms with E-state index >= 15 is 0 Å². The van der Waals surface area contributed by atoms with Crippen LogP contribution in [0.1, 0.15) is 26.2 Å². The second-order valence-electron chi connectivity index (χ2n) is 3.35. The van der Waals surface area contributed by atoms with Gasteiger partial charge in [-0.1, -0.05) is 6.08 Å². The Morgan fingerprint density at radius 2 is 2.36 bits per heavy atom. The van der Waals surface area contributed by atoms with Gasteiger partial charge in [-0.05, 0) is 32.3 Å². The summed E-state index contributed by atoms with van der Waals surface area (Å²) in [7, 11) is 0. The highest BCUT2D eigenvalue weighted by Gasteiger charge is 2.21. The van der Waals surface area contributed by atoms with Gasteiger partial charge < -0.3 is 10.6 Å². The Morgan fingerprint density at radius 3 is 3.07 bits per heavy atom. The molecule has 1 fully saturated rings. The molecular weight excluding hydrogens is 180 g/mol. The Bertz CT molecular complexity index is 249. The summed E-state index contributed by atoms with van der Waals surface area (Å²) in [5, 5.41) is 5.44. The van der Waals surface area contributed by atoms with Crippen LogP contribution in [0.4, 0.5) is 0 Å². The maximum atomic E-state index is 11.4. The molecule has 0 radical (unpaired) electrons. The molecule has 0 aromatic heterocycles. The summed E-state index contributed by atoms with van der Waals surface area (Å²) in [4.78, 5) is 22.6. The van der Waals surface area contributed by atoms with Crippen LogP contribution in [0.25, 0.3) is 0 Å². The van der Waals surface area contributed by atoms with E-state index < -0.39 is 0 Å². The molecule has 0 aromatic carbocycles. The summed E-state index contributed by atoms with van der Waals surface area (Å²) in [6.07, 6.45) is 5.78. The minimum atomic E-state index is -0.360. The predicted octanol–water partition coefficient (Wildman–Crippen LogP) is 0.347. The summed E-state index contributed by atoms with van der Waals surface area (Å²) >= 11 is 0. The first-order chi connectivity index (χ1) is 6.74. The summed E-state index contributed by atoms with van der Waals surface area (Å²) in [5.74, 6) is -0.269. The van der Waals surface area contributed by atoms with Crippen molar-refractivity contribution in [1.82, 2.24) is 10.6 Å². The molecule has 0 bridgehead atoms. The summed E-state index contributed by atoms with van der Waals surface area (Å²) in [6, 6.07) is -0.360. The lowest BCUT2D eigenvalue weighted by Gasteiger charge is -2.13. The first-order valence-electron chi connectivity index (χ1n) is 4.95. The third kappa shape index (κ3) is 3.20. The molecule has 0 spiro atoms.